The summed E-state index contributed by atoms with van der Waals surface area (Å²) in [4.78, 5) is 24.7. The van der Waals surface area contributed by atoms with Crippen molar-refractivity contribution in [2.45, 2.75) is 92.3 Å². The van der Waals surface area contributed by atoms with E-state index in [1.807, 2.05) is 65.8 Å². The minimum atomic E-state index is -0.543. The molecule has 0 aliphatic carbocycles. The predicted molar refractivity (Wildman–Crippen MR) is 174 cm³/mol. The minimum absolute atomic E-state index is 0.148. The Morgan fingerprint density at radius 1 is 0.568 bits per heavy atom. The van der Waals surface area contributed by atoms with Gasteiger partial charge < -0.3 is 28.4 Å². The van der Waals surface area contributed by atoms with E-state index in [4.69, 9.17) is 28.4 Å². The summed E-state index contributed by atoms with van der Waals surface area (Å²) in [6, 6.07) is 12.3. The number of aryl methyl sites for hydroxylation is 2. The molecule has 3 rings (SSSR count). The summed E-state index contributed by atoms with van der Waals surface area (Å²) in [5.74, 6) is 0.858. The number of carbonyl (C=O) groups excluding carboxylic acids is 2. The first-order valence-corrected chi connectivity index (χ1v) is 16.1. The molecule has 0 amide bonds. The third-order valence-electron chi connectivity index (χ3n) is 6.96. The summed E-state index contributed by atoms with van der Waals surface area (Å²) in [6.07, 6.45) is 2.77. The van der Waals surface area contributed by atoms with Crippen LogP contribution in [-0.2, 0) is 28.5 Å². The molecule has 0 spiro atoms. The van der Waals surface area contributed by atoms with Crippen molar-refractivity contribution in [2.75, 3.05) is 39.6 Å². The number of rotatable bonds is 20. The van der Waals surface area contributed by atoms with Gasteiger partial charge in [0.25, 0.3) is 0 Å². The second-order valence-corrected chi connectivity index (χ2v) is 11.3. The molecular formula is C36H50O8. The van der Waals surface area contributed by atoms with Crippen LogP contribution in [0.5, 0.6) is 11.5 Å². The maximum absolute atomic E-state index is 12.4. The Morgan fingerprint density at radius 3 is 1.34 bits per heavy atom. The second kappa shape index (κ2) is 18.4. The Bertz CT molecular complexity index is 1250. The van der Waals surface area contributed by atoms with Gasteiger partial charge in [0.15, 0.2) is 12.2 Å². The monoisotopic (exact) mass is 610 g/mol. The van der Waals surface area contributed by atoms with E-state index in [0.29, 0.717) is 50.4 Å². The number of esters is 2. The van der Waals surface area contributed by atoms with Gasteiger partial charge in [0, 0.05) is 47.6 Å². The van der Waals surface area contributed by atoms with Crippen molar-refractivity contribution in [1.82, 2.24) is 0 Å². The van der Waals surface area contributed by atoms with Crippen LogP contribution in [0.15, 0.2) is 36.4 Å². The molecule has 0 N–H and O–H groups in total. The zero-order chi connectivity index (χ0) is 31.9. The summed E-state index contributed by atoms with van der Waals surface area (Å²) in [7, 11) is 0. The van der Waals surface area contributed by atoms with Crippen LogP contribution in [0.2, 0.25) is 0 Å². The molecule has 8 heteroatoms. The molecule has 0 aliphatic rings. The topological polar surface area (TPSA) is 89.5 Å². The van der Waals surface area contributed by atoms with Gasteiger partial charge in [0.05, 0.1) is 13.2 Å². The molecule has 2 atom stereocenters. The average molecular weight is 611 g/mol. The molecule has 8 nitrogen and oxygen atoms in total. The fraction of sp³-hybridized carbons (Fsp3) is 0.556. The maximum atomic E-state index is 12.4. The molecular weight excluding hydrogens is 560 g/mol. The number of hydrogen-bond acceptors (Lipinski definition) is 8. The van der Waals surface area contributed by atoms with E-state index in [9.17, 15) is 9.59 Å². The number of fused-ring (bicyclic) bond motifs is 2. The highest BCUT2D eigenvalue weighted by Gasteiger charge is 2.22. The van der Waals surface area contributed by atoms with Crippen molar-refractivity contribution in [3.05, 3.63) is 47.5 Å². The molecule has 0 aliphatic heterocycles. The third kappa shape index (κ3) is 10.4. The summed E-state index contributed by atoms with van der Waals surface area (Å²) in [6.45, 7) is 14.0. The molecule has 3 aromatic rings. The fourth-order valence-electron chi connectivity index (χ4n) is 4.89. The molecule has 0 saturated heterocycles. The Balaban J connectivity index is 2.00. The zero-order valence-corrected chi connectivity index (χ0v) is 27.4. The van der Waals surface area contributed by atoms with Crippen LogP contribution in [0.25, 0.3) is 21.5 Å². The van der Waals surface area contributed by atoms with E-state index in [1.54, 1.807) is 0 Å². The van der Waals surface area contributed by atoms with E-state index < -0.39 is 12.2 Å². The van der Waals surface area contributed by atoms with Crippen LogP contribution >= 0.6 is 0 Å². The first-order chi connectivity index (χ1) is 21.3. The molecule has 0 fully saturated rings. The molecule has 242 valence electrons. The highest BCUT2D eigenvalue weighted by Crippen LogP contribution is 2.43. The van der Waals surface area contributed by atoms with Gasteiger partial charge in [-0.05, 0) is 51.7 Å². The number of ether oxygens (including phenoxy) is 6. The quantitative estimate of drug-likeness (QED) is 0.0732. The van der Waals surface area contributed by atoms with Crippen LogP contribution in [0.4, 0.5) is 0 Å². The first kappa shape index (κ1) is 35.1. The number of benzene rings is 3. The van der Waals surface area contributed by atoms with Gasteiger partial charge in [0.1, 0.15) is 24.7 Å². The van der Waals surface area contributed by atoms with Crippen molar-refractivity contribution in [3.8, 4) is 11.5 Å². The summed E-state index contributed by atoms with van der Waals surface area (Å²) in [5.41, 5.74) is 2.13. The van der Waals surface area contributed by atoms with E-state index >= 15 is 0 Å². The smallest absolute Gasteiger partial charge is 0.306 e. The molecule has 0 bridgehead atoms. The lowest BCUT2D eigenvalue weighted by atomic mass is 9.97. The summed E-state index contributed by atoms with van der Waals surface area (Å²) in [5, 5.41) is 3.51. The Hall–Kier alpha value is -3.36. The van der Waals surface area contributed by atoms with Gasteiger partial charge in [-0.1, -0.05) is 63.1 Å². The summed E-state index contributed by atoms with van der Waals surface area (Å²) < 4.78 is 36.0. The van der Waals surface area contributed by atoms with Gasteiger partial charge >= 0.3 is 11.9 Å². The van der Waals surface area contributed by atoms with Crippen LogP contribution < -0.4 is 9.47 Å². The third-order valence-corrected chi connectivity index (χ3v) is 6.96. The van der Waals surface area contributed by atoms with Crippen molar-refractivity contribution in [3.63, 3.8) is 0 Å². The Morgan fingerprint density at radius 2 is 0.977 bits per heavy atom. The normalized spacial score (nSPS) is 12.7. The molecule has 2 unspecified atom stereocenters. The van der Waals surface area contributed by atoms with Crippen LogP contribution in [0, 0.1) is 13.8 Å². The molecule has 0 aromatic heterocycles. The van der Waals surface area contributed by atoms with Crippen molar-refractivity contribution in [2.24, 2.45) is 0 Å². The van der Waals surface area contributed by atoms with Crippen molar-refractivity contribution in [1.29, 1.82) is 0 Å². The van der Waals surface area contributed by atoms with Gasteiger partial charge in [-0.15, -0.1) is 0 Å². The van der Waals surface area contributed by atoms with E-state index in [-0.39, 0.29) is 38.4 Å². The van der Waals surface area contributed by atoms with Crippen LogP contribution in [0.3, 0.4) is 0 Å². The van der Waals surface area contributed by atoms with Crippen molar-refractivity contribution >= 4 is 33.5 Å². The highest BCUT2D eigenvalue weighted by atomic mass is 16.6. The fourth-order valence-corrected chi connectivity index (χ4v) is 4.89. The lowest BCUT2D eigenvalue weighted by Gasteiger charge is -2.23. The second-order valence-electron chi connectivity index (χ2n) is 11.3. The summed E-state index contributed by atoms with van der Waals surface area (Å²) >= 11 is 0. The van der Waals surface area contributed by atoms with Gasteiger partial charge in [0.2, 0.25) is 0 Å². The predicted octanol–water partition coefficient (Wildman–Crippen LogP) is 7.64. The molecule has 0 radical (unpaired) electrons. The molecule has 3 aromatic carbocycles. The first-order valence-electron chi connectivity index (χ1n) is 16.1. The Labute approximate surface area is 262 Å². The standard InChI is InChI=1S/C36H50O8/c1-7-11-33(37)43-27(21-39-17-9-3)23-41-35-29-15-13-26(6)20-32(29)36(30-16-14-25(5)19-31(30)35)42-24-28(22-40-18-10-4)44-34(38)12-8-2/h13-16,19-20,27-28H,7-12,17-18,21-24H2,1-6H3. The van der Waals surface area contributed by atoms with E-state index in [1.165, 1.54) is 0 Å². The van der Waals surface area contributed by atoms with E-state index in [2.05, 4.69) is 12.1 Å². The number of hydrogen-bond donors (Lipinski definition) is 0. The van der Waals surface area contributed by atoms with Crippen LogP contribution in [-0.4, -0.2) is 63.8 Å². The number of carbonyl (C=O) groups is 2. The Kier molecular flexibility index (Phi) is 14.7. The SMILES string of the molecule is CCCOCC(COc1c2ccc(C)cc2c(OCC(COCCC)OC(=O)CCC)c2ccc(C)cc12)OC(=O)CCC. The maximum Gasteiger partial charge on any atom is 0.306 e. The largest absolute Gasteiger partial charge is 0.488 e. The lowest BCUT2D eigenvalue weighted by molar-refractivity contribution is -0.155. The molecule has 0 saturated carbocycles. The van der Waals surface area contributed by atoms with Crippen LogP contribution in [0.1, 0.15) is 77.3 Å². The van der Waals surface area contributed by atoms with Crippen molar-refractivity contribution < 1.29 is 38.0 Å². The average Bonchev–Trinajstić information content (AvgIpc) is 2.99. The highest BCUT2D eigenvalue weighted by molar-refractivity contribution is 6.11. The minimum Gasteiger partial charge on any atom is -0.488 e. The zero-order valence-electron chi connectivity index (χ0n) is 27.4. The lowest BCUT2D eigenvalue weighted by Crippen LogP contribution is -2.30. The van der Waals surface area contributed by atoms with Gasteiger partial charge in [-0.25, -0.2) is 0 Å². The molecule has 0 heterocycles. The van der Waals surface area contributed by atoms with Gasteiger partial charge in [-0.2, -0.15) is 0 Å². The molecule has 44 heavy (non-hydrogen) atoms. The van der Waals surface area contributed by atoms with E-state index in [0.717, 1.165) is 45.5 Å². The van der Waals surface area contributed by atoms with Gasteiger partial charge in [-0.3, -0.25) is 9.59 Å².